The Morgan fingerprint density at radius 2 is 2.16 bits per heavy atom. The summed E-state index contributed by atoms with van der Waals surface area (Å²) in [7, 11) is 1.39. The number of aryl methyl sites for hydroxylation is 1. The third-order valence-corrected chi connectivity index (χ3v) is 3.07. The molecule has 106 valence electrons. The normalized spacial score (nSPS) is 30.6. The largest absolute Gasteiger partial charge is 0.481 e. The molecule has 0 aromatic carbocycles. The molecule has 0 aliphatic carbocycles. The summed E-state index contributed by atoms with van der Waals surface area (Å²) in [6.07, 6.45) is -3.17. The molecule has 0 radical (unpaired) electrons. The molecule has 8 heteroatoms. The summed E-state index contributed by atoms with van der Waals surface area (Å²) in [5, 5.41) is 28.5. The lowest BCUT2D eigenvalue weighted by Gasteiger charge is -2.18. The molecule has 0 saturated carbocycles. The van der Waals surface area contributed by atoms with Crippen LogP contribution in [0.2, 0.25) is 0 Å². The number of aromatic nitrogens is 2. The van der Waals surface area contributed by atoms with Crippen molar-refractivity contribution >= 4 is 0 Å². The van der Waals surface area contributed by atoms with Gasteiger partial charge in [0.25, 0.3) is 0 Å². The molecule has 2 rings (SSSR count). The van der Waals surface area contributed by atoms with Crippen LogP contribution in [0, 0.1) is 6.92 Å². The number of hydrogen-bond donors (Lipinski definition) is 3. The Balaban J connectivity index is 2.38. The summed E-state index contributed by atoms with van der Waals surface area (Å²) >= 11 is 0. The van der Waals surface area contributed by atoms with Crippen molar-refractivity contribution in [2.75, 3.05) is 13.7 Å². The first-order valence-corrected chi connectivity index (χ1v) is 5.75. The average Bonchev–Trinajstić information content (AvgIpc) is 2.68. The minimum Gasteiger partial charge on any atom is -0.481 e. The van der Waals surface area contributed by atoms with E-state index in [1.54, 1.807) is 6.92 Å². The quantitative estimate of drug-likeness (QED) is 0.593. The van der Waals surface area contributed by atoms with Crippen LogP contribution < -0.4 is 10.4 Å². The Kier molecular flexibility index (Phi) is 3.85. The molecule has 2 heterocycles. The lowest BCUT2D eigenvalue weighted by atomic mass is 10.1. The number of nitrogens with zero attached hydrogens (tertiary/aromatic N) is 2. The molecule has 1 saturated heterocycles. The van der Waals surface area contributed by atoms with E-state index in [1.807, 2.05) is 0 Å². The van der Waals surface area contributed by atoms with Crippen molar-refractivity contribution in [1.82, 2.24) is 9.55 Å². The second-order valence-corrected chi connectivity index (χ2v) is 4.35. The van der Waals surface area contributed by atoms with Gasteiger partial charge in [0.15, 0.2) is 6.23 Å². The second kappa shape index (κ2) is 5.25. The van der Waals surface area contributed by atoms with Crippen LogP contribution in [0.15, 0.2) is 11.0 Å². The summed E-state index contributed by atoms with van der Waals surface area (Å²) in [4.78, 5) is 15.5. The molecule has 0 bridgehead atoms. The summed E-state index contributed by atoms with van der Waals surface area (Å²) in [6.45, 7) is 1.23. The van der Waals surface area contributed by atoms with Gasteiger partial charge in [-0.1, -0.05) is 0 Å². The molecule has 0 spiro atoms. The number of hydrogen-bond acceptors (Lipinski definition) is 7. The molecule has 1 fully saturated rings. The van der Waals surface area contributed by atoms with Gasteiger partial charge >= 0.3 is 5.69 Å². The maximum atomic E-state index is 11.8. The number of ether oxygens (including phenoxy) is 2. The van der Waals surface area contributed by atoms with E-state index >= 15 is 0 Å². The molecule has 1 aliphatic heterocycles. The van der Waals surface area contributed by atoms with Crippen LogP contribution in [0.25, 0.3) is 0 Å². The van der Waals surface area contributed by atoms with Gasteiger partial charge < -0.3 is 24.8 Å². The highest BCUT2D eigenvalue weighted by atomic mass is 16.6. The monoisotopic (exact) mass is 272 g/mol. The zero-order valence-corrected chi connectivity index (χ0v) is 10.6. The van der Waals surface area contributed by atoms with Gasteiger partial charge in [-0.05, 0) is 6.92 Å². The van der Waals surface area contributed by atoms with Crippen LogP contribution in [0.5, 0.6) is 5.88 Å². The topological polar surface area (TPSA) is 114 Å². The zero-order valence-electron chi connectivity index (χ0n) is 10.6. The molecule has 4 unspecified atom stereocenters. The minimum absolute atomic E-state index is 0.188. The second-order valence-electron chi connectivity index (χ2n) is 4.35. The van der Waals surface area contributed by atoms with Crippen molar-refractivity contribution in [2.24, 2.45) is 0 Å². The van der Waals surface area contributed by atoms with E-state index in [9.17, 15) is 15.0 Å². The van der Waals surface area contributed by atoms with E-state index in [1.165, 1.54) is 13.3 Å². The SMILES string of the molecule is COc1nc(=O)n(C2OC(CO)C(O)C2O)cc1C. The van der Waals surface area contributed by atoms with Crippen LogP contribution in [0.3, 0.4) is 0 Å². The van der Waals surface area contributed by atoms with Crippen molar-refractivity contribution < 1.29 is 24.8 Å². The fourth-order valence-corrected chi connectivity index (χ4v) is 2.05. The van der Waals surface area contributed by atoms with Crippen LogP contribution in [-0.4, -0.2) is 56.9 Å². The fraction of sp³-hybridized carbons (Fsp3) is 0.636. The molecule has 1 aromatic rings. The van der Waals surface area contributed by atoms with E-state index in [0.717, 1.165) is 4.57 Å². The van der Waals surface area contributed by atoms with E-state index in [0.29, 0.717) is 5.56 Å². The van der Waals surface area contributed by atoms with Crippen LogP contribution in [0.4, 0.5) is 0 Å². The maximum Gasteiger partial charge on any atom is 0.353 e. The van der Waals surface area contributed by atoms with Gasteiger partial charge in [0.2, 0.25) is 5.88 Å². The highest BCUT2D eigenvalue weighted by molar-refractivity contribution is 5.20. The molecule has 4 atom stereocenters. The van der Waals surface area contributed by atoms with Crippen LogP contribution >= 0.6 is 0 Å². The van der Waals surface area contributed by atoms with E-state index in [4.69, 9.17) is 14.6 Å². The first-order valence-electron chi connectivity index (χ1n) is 5.75. The summed E-state index contributed by atoms with van der Waals surface area (Å²) in [5.74, 6) is 0.188. The Labute approximate surface area is 108 Å². The van der Waals surface area contributed by atoms with E-state index < -0.39 is 36.8 Å². The Bertz CT molecular complexity index is 516. The molecule has 0 amide bonds. The molecule has 19 heavy (non-hydrogen) atoms. The third kappa shape index (κ3) is 2.35. The number of rotatable bonds is 3. The van der Waals surface area contributed by atoms with Gasteiger partial charge in [-0.2, -0.15) is 4.98 Å². The molecular formula is C11H16N2O6. The Morgan fingerprint density at radius 3 is 2.68 bits per heavy atom. The third-order valence-electron chi connectivity index (χ3n) is 3.07. The van der Waals surface area contributed by atoms with Crippen LogP contribution in [-0.2, 0) is 4.74 Å². The Morgan fingerprint density at radius 1 is 1.47 bits per heavy atom. The van der Waals surface area contributed by atoms with Gasteiger partial charge in [0.05, 0.1) is 13.7 Å². The first-order chi connectivity index (χ1) is 8.99. The van der Waals surface area contributed by atoms with Gasteiger partial charge in [-0.25, -0.2) is 4.79 Å². The van der Waals surface area contributed by atoms with Gasteiger partial charge in [0.1, 0.15) is 18.3 Å². The molecular weight excluding hydrogens is 256 g/mol. The van der Waals surface area contributed by atoms with Crippen molar-refractivity contribution in [1.29, 1.82) is 0 Å². The summed E-state index contributed by atoms with van der Waals surface area (Å²) in [6, 6.07) is 0. The van der Waals surface area contributed by atoms with Crippen molar-refractivity contribution in [3.63, 3.8) is 0 Å². The fourth-order valence-electron chi connectivity index (χ4n) is 2.05. The molecule has 1 aromatic heterocycles. The maximum absolute atomic E-state index is 11.8. The van der Waals surface area contributed by atoms with Gasteiger partial charge in [0, 0.05) is 11.8 Å². The standard InChI is InChI=1S/C11H16N2O6/c1-5-3-13(11(17)12-9(5)18-2)10-8(16)7(15)6(4-14)19-10/h3,6-8,10,14-16H,4H2,1-2H3. The molecule has 3 N–H and O–H groups in total. The number of methoxy groups -OCH3 is 1. The highest BCUT2D eigenvalue weighted by Gasteiger charge is 2.43. The molecule has 8 nitrogen and oxygen atoms in total. The first kappa shape index (κ1) is 13.9. The Hall–Kier alpha value is -1.48. The number of aliphatic hydroxyl groups excluding tert-OH is 3. The van der Waals surface area contributed by atoms with Gasteiger partial charge in [-0.15, -0.1) is 0 Å². The number of aliphatic hydroxyl groups is 3. The lowest BCUT2D eigenvalue weighted by Crippen LogP contribution is -2.36. The lowest BCUT2D eigenvalue weighted by molar-refractivity contribution is -0.0551. The minimum atomic E-state index is -1.32. The van der Waals surface area contributed by atoms with Gasteiger partial charge in [-0.3, -0.25) is 4.57 Å². The average molecular weight is 272 g/mol. The van der Waals surface area contributed by atoms with Crippen molar-refractivity contribution in [3.8, 4) is 5.88 Å². The van der Waals surface area contributed by atoms with Crippen molar-refractivity contribution in [3.05, 3.63) is 22.2 Å². The van der Waals surface area contributed by atoms with Crippen molar-refractivity contribution in [2.45, 2.75) is 31.5 Å². The predicted molar refractivity (Wildman–Crippen MR) is 62.8 cm³/mol. The smallest absolute Gasteiger partial charge is 0.353 e. The van der Waals surface area contributed by atoms with E-state index in [2.05, 4.69) is 4.98 Å². The zero-order chi connectivity index (χ0) is 14.2. The summed E-state index contributed by atoms with van der Waals surface area (Å²) in [5.41, 5.74) is -0.0860. The predicted octanol–water partition coefficient (Wildman–Crippen LogP) is -1.83. The molecule has 1 aliphatic rings. The van der Waals surface area contributed by atoms with Crippen LogP contribution in [0.1, 0.15) is 11.8 Å². The summed E-state index contributed by atoms with van der Waals surface area (Å²) < 4.78 is 11.3. The highest BCUT2D eigenvalue weighted by Crippen LogP contribution is 2.28. The van der Waals surface area contributed by atoms with E-state index in [-0.39, 0.29) is 5.88 Å².